The molecule has 0 spiro atoms. The maximum atomic E-state index is 14.2. The normalized spacial score (nSPS) is 12.0. The van der Waals surface area contributed by atoms with Crippen molar-refractivity contribution in [3.05, 3.63) is 41.0 Å². The summed E-state index contributed by atoms with van der Waals surface area (Å²) in [5.74, 6) is -2.41. The molecule has 1 aromatic carbocycles. The molecule has 0 radical (unpaired) electrons. The van der Waals surface area contributed by atoms with Crippen LogP contribution in [0, 0.1) is 11.6 Å². The quantitative estimate of drug-likeness (QED) is 0.771. The number of rotatable bonds is 4. The Morgan fingerprint density at radius 1 is 1.26 bits per heavy atom. The predicted octanol–water partition coefficient (Wildman–Crippen LogP) is 4.40. The number of aldehydes is 1. The minimum absolute atomic E-state index is 0.108. The molecule has 0 aromatic heterocycles. The number of halogens is 2. The van der Waals surface area contributed by atoms with Crippen molar-refractivity contribution in [1.29, 1.82) is 0 Å². The van der Waals surface area contributed by atoms with Gasteiger partial charge in [0, 0.05) is 12.6 Å². The molecule has 0 atom stereocenters. The van der Waals surface area contributed by atoms with E-state index < -0.39 is 23.3 Å². The van der Waals surface area contributed by atoms with E-state index in [2.05, 4.69) is 0 Å². The van der Waals surface area contributed by atoms with E-state index in [1.54, 1.807) is 33.8 Å². The largest absolute Gasteiger partial charge is 0.443 e. The Kier molecular flexibility index (Phi) is 6.01. The minimum Gasteiger partial charge on any atom is -0.443 e. The van der Waals surface area contributed by atoms with Gasteiger partial charge in [-0.05, 0) is 39.3 Å². The van der Waals surface area contributed by atoms with Crippen LogP contribution in [-0.4, -0.2) is 29.9 Å². The molecule has 1 amide bonds. The van der Waals surface area contributed by atoms with E-state index in [-0.39, 0.29) is 23.1 Å². The van der Waals surface area contributed by atoms with Crippen molar-refractivity contribution < 1.29 is 23.1 Å². The fourth-order valence-corrected chi connectivity index (χ4v) is 1.90. The molecule has 126 valence electrons. The van der Waals surface area contributed by atoms with Crippen LogP contribution in [-0.2, 0) is 4.74 Å². The number of allylic oxidation sites excluding steroid dienone is 1. The van der Waals surface area contributed by atoms with Gasteiger partial charge in [-0.15, -0.1) is 0 Å². The maximum Gasteiger partial charge on any atom is 0.414 e. The standard InChI is InChI=1S/C17H21F2NO3/c1-6-7-13(20(5)16(22)23-17(2,3)4)12-9-8-11(10-21)14(18)15(12)19/h7-10H,6H2,1-5H3/b13-7-. The SMILES string of the molecule is CC/C=C(/c1ccc(C=O)c(F)c1F)N(C)C(=O)OC(C)(C)C. The molecule has 0 unspecified atom stereocenters. The van der Waals surface area contributed by atoms with E-state index >= 15 is 0 Å². The second-order valence-electron chi connectivity index (χ2n) is 5.99. The van der Waals surface area contributed by atoms with E-state index in [0.29, 0.717) is 6.42 Å². The molecule has 0 aliphatic rings. The zero-order valence-corrected chi connectivity index (χ0v) is 13.9. The zero-order chi connectivity index (χ0) is 17.8. The highest BCUT2D eigenvalue weighted by Crippen LogP contribution is 2.26. The van der Waals surface area contributed by atoms with Crippen molar-refractivity contribution in [2.45, 2.75) is 39.7 Å². The fraction of sp³-hybridized carbons (Fsp3) is 0.412. The molecule has 1 aromatic rings. The summed E-state index contributed by atoms with van der Waals surface area (Å²) in [6, 6.07) is 2.44. The number of hydrogen-bond acceptors (Lipinski definition) is 3. The van der Waals surface area contributed by atoms with E-state index in [0.717, 1.165) is 4.90 Å². The number of ether oxygens (including phenoxy) is 1. The number of nitrogens with zero attached hydrogens (tertiary/aromatic N) is 1. The highest BCUT2D eigenvalue weighted by Gasteiger charge is 2.25. The Morgan fingerprint density at radius 2 is 1.87 bits per heavy atom. The molecular weight excluding hydrogens is 304 g/mol. The third-order valence-corrected chi connectivity index (χ3v) is 2.94. The Bertz CT molecular complexity index is 633. The lowest BCUT2D eigenvalue weighted by atomic mass is 10.1. The molecule has 4 nitrogen and oxygen atoms in total. The summed E-state index contributed by atoms with van der Waals surface area (Å²) in [5.41, 5.74) is -1.02. The second-order valence-corrected chi connectivity index (χ2v) is 5.99. The van der Waals surface area contributed by atoms with Gasteiger partial charge in [-0.3, -0.25) is 9.69 Å². The van der Waals surface area contributed by atoms with Gasteiger partial charge < -0.3 is 4.74 Å². The van der Waals surface area contributed by atoms with Gasteiger partial charge >= 0.3 is 6.09 Å². The predicted molar refractivity (Wildman–Crippen MR) is 84.0 cm³/mol. The minimum atomic E-state index is -1.24. The van der Waals surface area contributed by atoms with Crippen LogP contribution in [0.25, 0.3) is 5.70 Å². The van der Waals surface area contributed by atoms with Crippen molar-refractivity contribution in [3.8, 4) is 0 Å². The lowest BCUT2D eigenvalue weighted by Gasteiger charge is -2.26. The average molecular weight is 325 g/mol. The van der Waals surface area contributed by atoms with E-state index in [1.807, 2.05) is 0 Å². The number of benzene rings is 1. The molecule has 0 aliphatic carbocycles. The zero-order valence-electron chi connectivity index (χ0n) is 13.9. The van der Waals surface area contributed by atoms with Crippen molar-refractivity contribution in [1.82, 2.24) is 4.90 Å². The van der Waals surface area contributed by atoms with Gasteiger partial charge in [0.05, 0.1) is 11.3 Å². The molecule has 0 aliphatic heterocycles. The molecule has 0 bridgehead atoms. The number of amides is 1. The van der Waals surface area contributed by atoms with Gasteiger partial charge in [0.25, 0.3) is 0 Å². The van der Waals surface area contributed by atoms with Crippen LogP contribution >= 0.6 is 0 Å². The van der Waals surface area contributed by atoms with Crippen LogP contribution in [0.15, 0.2) is 18.2 Å². The third-order valence-electron chi connectivity index (χ3n) is 2.94. The lowest BCUT2D eigenvalue weighted by Crippen LogP contribution is -2.33. The fourth-order valence-electron chi connectivity index (χ4n) is 1.90. The molecule has 23 heavy (non-hydrogen) atoms. The highest BCUT2D eigenvalue weighted by molar-refractivity contribution is 5.83. The van der Waals surface area contributed by atoms with Crippen molar-refractivity contribution in [2.24, 2.45) is 0 Å². The summed E-state index contributed by atoms with van der Waals surface area (Å²) < 4.78 is 33.3. The van der Waals surface area contributed by atoms with Gasteiger partial charge in [-0.25, -0.2) is 13.6 Å². The number of hydrogen-bond donors (Lipinski definition) is 0. The number of carbonyl (C=O) groups is 2. The van der Waals surface area contributed by atoms with Gasteiger partial charge in [0.1, 0.15) is 5.60 Å². The monoisotopic (exact) mass is 325 g/mol. The summed E-state index contributed by atoms with van der Waals surface area (Å²) in [5, 5.41) is 0. The second kappa shape index (κ2) is 7.35. The Balaban J connectivity index is 3.28. The Labute approximate surface area is 134 Å². The first-order valence-electron chi connectivity index (χ1n) is 7.22. The molecule has 1 rings (SSSR count). The summed E-state index contributed by atoms with van der Waals surface area (Å²) in [6.45, 7) is 6.93. The van der Waals surface area contributed by atoms with E-state index in [4.69, 9.17) is 4.74 Å². The first kappa shape index (κ1) is 18.8. The molecular formula is C17H21F2NO3. The molecule has 0 N–H and O–H groups in total. The first-order chi connectivity index (χ1) is 10.6. The maximum absolute atomic E-state index is 14.2. The summed E-state index contributed by atoms with van der Waals surface area (Å²) >= 11 is 0. The Morgan fingerprint density at radius 3 is 2.35 bits per heavy atom. The summed E-state index contributed by atoms with van der Waals surface area (Å²) in [6.07, 6.45) is 1.64. The van der Waals surface area contributed by atoms with Crippen LogP contribution in [0.1, 0.15) is 50.0 Å². The molecule has 0 saturated heterocycles. The van der Waals surface area contributed by atoms with E-state index in [9.17, 15) is 18.4 Å². The lowest BCUT2D eigenvalue weighted by molar-refractivity contribution is 0.0387. The first-order valence-corrected chi connectivity index (χ1v) is 7.22. The van der Waals surface area contributed by atoms with Crippen molar-refractivity contribution in [2.75, 3.05) is 7.05 Å². The van der Waals surface area contributed by atoms with Gasteiger partial charge in [-0.1, -0.05) is 13.0 Å². The molecule has 0 fully saturated rings. The van der Waals surface area contributed by atoms with Gasteiger partial charge in [0.15, 0.2) is 17.9 Å². The van der Waals surface area contributed by atoms with Crippen LogP contribution in [0.5, 0.6) is 0 Å². The Hall–Kier alpha value is -2.24. The third kappa shape index (κ3) is 4.61. The molecule has 0 saturated carbocycles. The van der Waals surface area contributed by atoms with Gasteiger partial charge in [-0.2, -0.15) is 0 Å². The van der Waals surface area contributed by atoms with Crippen LogP contribution in [0.3, 0.4) is 0 Å². The smallest absolute Gasteiger partial charge is 0.414 e. The topological polar surface area (TPSA) is 46.6 Å². The molecule has 6 heteroatoms. The van der Waals surface area contributed by atoms with Crippen molar-refractivity contribution >= 4 is 18.1 Å². The van der Waals surface area contributed by atoms with Gasteiger partial charge in [0.2, 0.25) is 0 Å². The highest BCUT2D eigenvalue weighted by atomic mass is 19.2. The number of carbonyl (C=O) groups excluding carboxylic acids is 2. The summed E-state index contributed by atoms with van der Waals surface area (Å²) in [7, 11) is 1.42. The van der Waals surface area contributed by atoms with Crippen molar-refractivity contribution in [3.63, 3.8) is 0 Å². The molecule has 0 heterocycles. The van der Waals surface area contributed by atoms with Crippen LogP contribution < -0.4 is 0 Å². The van der Waals surface area contributed by atoms with Crippen LogP contribution in [0.4, 0.5) is 13.6 Å². The average Bonchev–Trinajstić information content (AvgIpc) is 2.45. The summed E-state index contributed by atoms with van der Waals surface area (Å²) in [4.78, 5) is 24.0. The van der Waals surface area contributed by atoms with E-state index in [1.165, 1.54) is 19.2 Å². The van der Waals surface area contributed by atoms with Crippen LogP contribution in [0.2, 0.25) is 0 Å².